The molecule has 7 heteroatoms. The topological polar surface area (TPSA) is 61.4 Å². The molecule has 2 N–H and O–H groups in total. The molecule has 0 saturated heterocycles. The highest BCUT2D eigenvalue weighted by Crippen LogP contribution is 2.36. The van der Waals surface area contributed by atoms with Gasteiger partial charge in [-0.05, 0) is 50.6 Å². The van der Waals surface area contributed by atoms with E-state index in [-0.39, 0.29) is 24.4 Å². The van der Waals surface area contributed by atoms with E-state index in [1.165, 1.54) is 0 Å². The molecule has 2 aromatic carbocycles. The van der Waals surface area contributed by atoms with Crippen LogP contribution in [0.25, 0.3) is 0 Å². The highest BCUT2D eigenvalue weighted by molar-refractivity contribution is 6.35. The van der Waals surface area contributed by atoms with Gasteiger partial charge < -0.3 is 10.6 Å². The molecule has 2 aromatic rings. The van der Waals surface area contributed by atoms with E-state index in [9.17, 15) is 9.59 Å². The molecular weight excluding hydrogens is 385 g/mol. The number of amides is 2. The summed E-state index contributed by atoms with van der Waals surface area (Å²) in [6.07, 6.45) is 0. The molecule has 142 valence electrons. The summed E-state index contributed by atoms with van der Waals surface area (Å²) in [6, 6.07) is 12.4. The van der Waals surface area contributed by atoms with Crippen molar-refractivity contribution in [3.05, 3.63) is 58.1 Å². The summed E-state index contributed by atoms with van der Waals surface area (Å²) in [6.45, 7) is 5.45. The van der Waals surface area contributed by atoms with E-state index in [1.807, 2.05) is 31.2 Å². The van der Waals surface area contributed by atoms with E-state index in [0.29, 0.717) is 21.4 Å². The van der Waals surface area contributed by atoms with Gasteiger partial charge in [-0.15, -0.1) is 0 Å². The van der Waals surface area contributed by atoms with Gasteiger partial charge in [-0.1, -0.05) is 41.4 Å². The Bertz CT molecular complexity index is 899. The van der Waals surface area contributed by atoms with Crippen LogP contribution >= 0.6 is 23.2 Å². The number of carbonyl (C=O) groups is 2. The maximum atomic E-state index is 13.0. The molecule has 5 nitrogen and oxygen atoms in total. The molecule has 0 aliphatic carbocycles. The standard InChI is InChI=1S/C20H21Cl2N3O2/c1-12(14-9-8-13(21)10-15(14)22)23-11-18(26)25-17-7-5-4-6-16(17)24-19(27)20(25,2)3/h4-10,12,23H,11H2,1-3H3,(H,24,27)/t12-/m0/s1. The first-order valence-electron chi connectivity index (χ1n) is 8.63. The first kappa shape index (κ1) is 19.7. The first-order valence-corrected chi connectivity index (χ1v) is 9.39. The molecule has 0 radical (unpaired) electrons. The van der Waals surface area contributed by atoms with Crippen LogP contribution in [0.2, 0.25) is 10.0 Å². The zero-order valence-electron chi connectivity index (χ0n) is 15.3. The number of hydrogen-bond acceptors (Lipinski definition) is 3. The predicted octanol–water partition coefficient (Wildman–Crippen LogP) is 4.41. The van der Waals surface area contributed by atoms with E-state index in [4.69, 9.17) is 23.2 Å². The van der Waals surface area contributed by atoms with E-state index in [2.05, 4.69) is 10.6 Å². The normalized spacial score (nSPS) is 16.5. The second kappa shape index (κ2) is 7.50. The lowest BCUT2D eigenvalue weighted by atomic mass is 9.96. The first-order chi connectivity index (χ1) is 12.7. The van der Waals surface area contributed by atoms with Crippen molar-refractivity contribution in [1.82, 2.24) is 5.32 Å². The summed E-state index contributed by atoms with van der Waals surface area (Å²) in [5.74, 6) is -0.414. The molecule has 3 rings (SSSR count). The lowest BCUT2D eigenvalue weighted by Crippen LogP contribution is -2.60. The number of nitrogens with zero attached hydrogens (tertiary/aromatic N) is 1. The minimum atomic E-state index is -0.992. The van der Waals surface area contributed by atoms with Crippen LogP contribution in [-0.2, 0) is 9.59 Å². The molecule has 0 aromatic heterocycles. The molecule has 2 amide bonds. The van der Waals surface area contributed by atoms with Crippen molar-refractivity contribution in [3.63, 3.8) is 0 Å². The molecule has 27 heavy (non-hydrogen) atoms. The van der Waals surface area contributed by atoms with Crippen molar-refractivity contribution in [3.8, 4) is 0 Å². The summed E-state index contributed by atoms with van der Waals surface area (Å²) >= 11 is 12.2. The van der Waals surface area contributed by atoms with Gasteiger partial charge in [0.05, 0.1) is 17.9 Å². The summed E-state index contributed by atoms with van der Waals surface area (Å²) in [7, 11) is 0. The Labute approximate surface area is 168 Å². The van der Waals surface area contributed by atoms with Gasteiger partial charge in [-0.2, -0.15) is 0 Å². The third-order valence-corrected chi connectivity index (χ3v) is 5.31. The van der Waals surface area contributed by atoms with Gasteiger partial charge in [-0.25, -0.2) is 0 Å². The Kier molecular flexibility index (Phi) is 5.47. The Morgan fingerprint density at radius 3 is 2.63 bits per heavy atom. The molecule has 1 aliphatic heterocycles. The maximum Gasteiger partial charge on any atom is 0.250 e. The third kappa shape index (κ3) is 3.81. The Morgan fingerprint density at radius 2 is 1.93 bits per heavy atom. The quantitative estimate of drug-likeness (QED) is 0.791. The molecule has 0 fully saturated rings. The Morgan fingerprint density at radius 1 is 1.22 bits per heavy atom. The van der Waals surface area contributed by atoms with Gasteiger partial charge >= 0.3 is 0 Å². The average molecular weight is 406 g/mol. The van der Waals surface area contributed by atoms with Crippen LogP contribution in [0.4, 0.5) is 11.4 Å². The van der Waals surface area contributed by atoms with E-state index >= 15 is 0 Å². The molecular formula is C20H21Cl2N3O2. The summed E-state index contributed by atoms with van der Waals surface area (Å²) in [5.41, 5.74) is 1.17. The fraction of sp³-hybridized carbons (Fsp3) is 0.300. The number of nitrogens with one attached hydrogen (secondary N) is 2. The van der Waals surface area contributed by atoms with Crippen LogP contribution in [-0.4, -0.2) is 23.9 Å². The fourth-order valence-corrected chi connectivity index (χ4v) is 3.75. The monoisotopic (exact) mass is 405 g/mol. The Balaban J connectivity index is 1.80. The smallest absolute Gasteiger partial charge is 0.250 e. The van der Waals surface area contributed by atoms with E-state index in [0.717, 1.165) is 5.56 Å². The Hall–Kier alpha value is -2.08. The number of fused-ring (bicyclic) bond motifs is 1. The zero-order valence-corrected chi connectivity index (χ0v) is 16.9. The molecule has 1 heterocycles. The molecule has 0 bridgehead atoms. The van der Waals surface area contributed by atoms with Crippen molar-refractivity contribution in [2.75, 3.05) is 16.8 Å². The highest BCUT2D eigenvalue weighted by Gasteiger charge is 2.43. The fourth-order valence-electron chi connectivity index (χ4n) is 3.18. The van der Waals surface area contributed by atoms with Crippen LogP contribution < -0.4 is 15.5 Å². The molecule has 1 aliphatic rings. The zero-order chi connectivity index (χ0) is 19.8. The molecule has 0 spiro atoms. The molecule has 0 saturated carbocycles. The number of carbonyl (C=O) groups excluding carboxylic acids is 2. The van der Waals surface area contributed by atoms with Crippen molar-refractivity contribution in [2.24, 2.45) is 0 Å². The molecule has 1 atom stereocenters. The summed E-state index contributed by atoms with van der Waals surface area (Å²) in [4.78, 5) is 27.0. The van der Waals surface area contributed by atoms with Crippen molar-refractivity contribution in [1.29, 1.82) is 0 Å². The number of para-hydroxylation sites is 2. The summed E-state index contributed by atoms with van der Waals surface area (Å²) in [5, 5.41) is 7.14. The second-order valence-corrected chi connectivity index (χ2v) is 7.87. The minimum Gasteiger partial charge on any atom is -0.322 e. The third-order valence-electron chi connectivity index (χ3n) is 4.75. The predicted molar refractivity (Wildman–Crippen MR) is 110 cm³/mol. The van der Waals surface area contributed by atoms with Gasteiger partial charge in [0.25, 0.3) is 0 Å². The average Bonchev–Trinajstić information content (AvgIpc) is 2.60. The number of benzene rings is 2. The number of halogens is 2. The van der Waals surface area contributed by atoms with Crippen molar-refractivity contribution >= 4 is 46.4 Å². The maximum absolute atomic E-state index is 13.0. The largest absolute Gasteiger partial charge is 0.322 e. The van der Waals surface area contributed by atoms with Crippen LogP contribution in [0.15, 0.2) is 42.5 Å². The van der Waals surface area contributed by atoms with Crippen LogP contribution in [0.1, 0.15) is 32.4 Å². The van der Waals surface area contributed by atoms with Gasteiger partial charge in [0.15, 0.2) is 0 Å². The summed E-state index contributed by atoms with van der Waals surface area (Å²) < 4.78 is 0. The van der Waals surface area contributed by atoms with Crippen LogP contribution in [0, 0.1) is 0 Å². The van der Waals surface area contributed by atoms with E-state index < -0.39 is 5.54 Å². The van der Waals surface area contributed by atoms with Crippen molar-refractivity contribution in [2.45, 2.75) is 32.4 Å². The number of hydrogen-bond donors (Lipinski definition) is 2. The minimum absolute atomic E-state index is 0.0607. The lowest BCUT2D eigenvalue weighted by molar-refractivity contribution is -0.126. The highest BCUT2D eigenvalue weighted by atomic mass is 35.5. The van der Waals surface area contributed by atoms with Gasteiger partial charge in [0.1, 0.15) is 5.54 Å². The molecule has 0 unspecified atom stereocenters. The van der Waals surface area contributed by atoms with E-state index in [1.54, 1.807) is 36.9 Å². The van der Waals surface area contributed by atoms with Gasteiger partial charge in [-0.3, -0.25) is 14.5 Å². The number of rotatable bonds is 4. The van der Waals surface area contributed by atoms with Crippen LogP contribution in [0.5, 0.6) is 0 Å². The van der Waals surface area contributed by atoms with Crippen LogP contribution in [0.3, 0.4) is 0 Å². The SMILES string of the molecule is C[C@H](NCC(=O)N1c2ccccc2NC(=O)C1(C)C)c1ccc(Cl)cc1Cl. The van der Waals surface area contributed by atoms with Gasteiger partial charge in [0, 0.05) is 16.1 Å². The second-order valence-electron chi connectivity index (χ2n) is 7.03. The van der Waals surface area contributed by atoms with Gasteiger partial charge in [0.2, 0.25) is 11.8 Å². The van der Waals surface area contributed by atoms with Crippen molar-refractivity contribution < 1.29 is 9.59 Å². The number of anilines is 2. The lowest BCUT2D eigenvalue weighted by Gasteiger charge is -2.42.